The lowest BCUT2D eigenvalue weighted by molar-refractivity contribution is -0.130. The number of carbonyl (C=O) groups is 1. The summed E-state index contributed by atoms with van der Waals surface area (Å²) in [7, 11) is 0. The average Bonchev–Trinajstić information content (AvgIpc) is 3.50. The minimum Gasteiger partial charge on any atom is -0.378 e. The monoisotopic (exact) mass is 710 g/mol. The summed E-state index contributed by atoms with van der Waals surface area (Å²) in [5, 5.41) is 8.15. The maximum Gasteiger partial charge on any atom is 0.272 e. The zero-order chi connectivity index (χ0) is 35.9. The van der Waals surface area contributed by atoms with Crippen LogP contribution in [-0.2, 0) is 11.2 Å². The number of aromatic amines is 1. The van der Waals surface area contributed by atoms with E-state index in [9.17, 15) is 14.0 Å². The van der Waals surface area contributed by atoms with E-state index in [0.717, 1.165) is 80.1 Å². The number of nitrogens with one attached hydrogen (secondary N) is 1. The molecule has 5 aliphatic rings. The molecule has 2 heterocycles. The summed E-state index contributed by atoms with van der Waals surface area (Å²) >= 11 is 0. The number of carbonyl (C=O) groups excluding carboxylic acids is 1. The molecular weight excluding hydrogens is 652 g/mol. The third-order valence-corrected chi connectivity index (χ3v) is 15.0. The highest BCUT2D eigenvalue weighted by Gasteiger charge is 2.60. The highest BCUT2D eigenvalue weighted by molar-refractivity contribution is 5.95. The number of rotatable bonds is 10. The number of hydrogen-bond donors (Lipinski definition) is 1. The van der Waals surface area contributed by atoms with Gasteiger partial charge in [-0.1, -0.05) is 51.0 Å². The van der Waals surface area contributed by atoms with Crippen LogP contribution >= 0.6 is 0 Å². The number of benzene rings is 2. The van der Waals surface area contributed by atoms with Gasteiger partial charge in [0, 0.05) is 44.6 Å². The van der Waals surface area contributed by atoms with Crippen molar-refractivity contribution in [3.63, 3.8) is 0 Å². The minimum absolute atomic E-state index is 0.0982. The first kappa shape index (κ1) is 35.9. The van der Waals surface area contributed by atoms with Crippen molar-refractivity contribution in [1.82, 2.24) is 20.0 Å². The van der Waals surface area contributed by atoms with E-state index < -0.39 is 5.82 Å². The van der Waals surface area contributed by atoms with Crippen LogP contribution in [0, 0.1) is 40.3 Å². The molecule has 0 unspecified atom stereocenters. The van der Waals surface area contributed by atoms with Crippen molar-refractivity contribution in [2.45, 2.75) is 110 Å². The molecule has 7 nitrogen and oxygen atoms in total. The van der Waals surface area contributed by atoms with E-state index in [4.69, 9.17) is 4.74 Å². The fourth-order valence-electron chi connectivity index (χ4n) is 12.1. The number of nitrogens with zero attached hydrogens (tertiary/aromatic N) is 3. The standard InChI is InChI=1S/C44H59FN4O3/c1-43-20-7-6-10-31(43)14-15-34-36-16-18-40(44(36,2)21-19-37(34)43)52-27-9-3-8-22-48-23-25-49(26-24-48)42(51)35-28-30(13-17-38(35)45)29-39-32-11-4-5-12-33(32)41(50)47-46-39/h4-5,11-13,17,28,31,34,36-37,40H,3,6-10,14-16,18-27,29H2,1-2H3,(H,47,50)/t31-,34+,36+,37+,40+,43+,44+/m0/s1. The van der Waals surface area contributed by atoms with E-state index in [1.807, 2.05) is 18.2 Å². The zero-order valence-electron chi connectivity index (χ0n) is 31.5. The van der Waals surface area contributed by atoms with E-state index in [0.29, 0.717) is 47.5 Å². The van der Waals surface area contributed by atoms with Crippen molar-refractivity contribution in [2.24, 2.45) is 34.5 Å². The van der Waals surface area contributed by atoms with Gasteiger partial charge in [0.1, 0.15) is 5.82 Å². The summed E-state index contributed by atoms with van der Waals surface area (Å²) in [5.41, 5.74) is 2.31. The van der Waals surface area contributed by atoms with Gasteiger partial charge in [0.15, 0.2) is 0 Å². The minimum atomic E-state index is -0.506. The third-order valence-electron chi connectivity index (χ3n) is 15.0. The molecule has 0 radical (unpaired) electrons. The van der Waals surface area contributed by atoms with Crippen LogP contribution in [0.1, 0.15) is 119 Å². The van der Waals surface area contributed by atoms with Crippen LogP contribution in [0.15, 0.2) is 47.3 Å². The molecule has 1 aliphatic heterocycles. The number of aromatic nitrogens is 2. The smallest absolute Gasteiger partial charge is 0.272 e. The Morgan fingerprint density at radius 2 is 1.69 bits per heavy atom. The van der Waals surface area contributed by atoms with E-state index in [1.165, 1.54) is 70.3 Å². The van der Waals surface area contributed by atoms with Gasteiger partial charge in [0.25, 0.3) is 11.5 Å². The van der Waals surface area contributed by atoms with Gasteiger partial charge >= 0.3 is 0 Å². The Labute approximate surface area is 309 Å². The van der Waals surface area contributed by atoms with Gasteiger partial charge in [-0.15, -0.1) is 0 Å². The molecule has 7 atom stereocenters. The summed E-state index contributed by atoms with van der Waals surface area (Å²) < 4.78 is 21.7. The van der Waals surface area contributed by atoms with Crippen molar-refractivity contribution in [3.05, 3.63) is 75.5 Å². The average molecular weight is 711 g/mol. The Morgan fingerprint density at radius 1 is 0.885 bits per heavy atom. The molecule has 280 valence electrons. The van der Waals surface area contributed by atoms with E-state index in [2.05, 4.69) is 28.9 Å². The summed E-state index contributed by atoms with van der Waals surface area (Å²) in [5.74, 6) is 2.97. The number of hydrogen-bond acceptors (Lipinski definition) is 5. The van der Waals surface area contributed by atoms with Gasteiger partial charge in [0.05, 0.1) is 22.7 Å². The van der Waals surface area contributed by atoms with Gasteiger partial charge in [-0.3, -0.25) is 14.5 Å². The molecule has 2 aromatic carbocycles. The Bertz CT molecular complexity index is 1800. The molecule has 3 aromatic rings. The van der Waals surface area contributed by atoms with E-state index >= 15 is 0 Å². The van der Waals surface area contributed by atoms with Gasteiger partial charge in [0.2, 0.25) is 0 Å². The first-order valence-electron chi connectivity index (χ1n) is 20.6. The second-order valence-electron chi connectivity index (χ2n) is 17.6. The number of piperazine rings is 1. The number of ether oxygens (including phenoxy) is 1. The molecule has 1 N–H and O–H groups in total. The third kappa shape index (κ3) is 6.76. The largest absolute Gasteiger partial charge is 0.378 e. The Morgan fingerprint density at radius 3 is 2.54 bits per heavy atom. The molecule has 1 amide bonds. The molecule has 0 bridgehead atoms. The second kappa shape index (κ2) is 15.0. The number of halogens is 1. The van der Waals surface area contributed by atoms with Crippen LogP contribution in [0.3, 0.4) is 0 Å². The lowest BCUT2D eigenvalue weighted by Gasteiger charge is -2.60. The maximum atomic E-state index is 15.0. The summed E-state index contributed by atoms with van der Waals surface area (Å²) in [4.78, 5) is 29.9. The van der Waals surface area contributed by atoms with Crippen LogP contribution in [0.5, 0.6) is 0 Å². The van der Waals surface area contributed by atoms with Crippen molar-refractivity contribution < 1.29 is 13.9 Å². The number of amides is 1. The SMILES string of the molecule is C[C@@]12CCCC[C@H]1CC[C@H]1[C@H]2CC[C@]2(C)[C@@H]1CC[C@H]2OCCCCCN1CCN(C(=O)c2cc(Cc3n[nH]c(=O)c4ccccc34)ccc2F)CC1. The van der Waals surface area contributed by atoms with E-state index in [-0.39, 0.29) is 17.0 Å². The quantitative estimate of drug-likeness (QED) is 0.214. The first-order chi connectivity index (χ1) is 25.2. The molecule has 0 spiro atoms. The highest BCUT2D eigenvalue weighted by atomic mass is 19.1. The lowest BCUT2D eigenvalue weighted by atomic mass is 9.45. The molecule has 8 rings (SSSR count). The van der Waals surface area contributed by atoms with Gasteiger partial charge in [-0.2, -0.15) is 5.10 Å². The molecule has 1 saturated heterocycles. The summed E-state index contributed by atoms with van der Waals surface area (Å²) in [6.07, 6.45) is 18.5. The number of fused-ring (bicyclic) bond motifs is 6. The van der Waals surface area contributed by atoms with Crippen LogP contribution in [0.2, 0.25) is 0 Å². The molecule has 5 fully saturated rings. The van der Waals surface area contributed by atoms with Crippen molar-refractivity contribution >= 4 is 16.7 Å². The molecule has 4 saturated carbocycles. The molecule has 1 aromatic heterocycles. The summed E-state index contributed by atoms with van der Waals surface area (Å²) in [6, 6.07) is 12.0. The van der Waals surface area contributed by atoms with Crippen LogP contribution in [0.4, 0.5) is 4.39 Å². The van der Waals surface area contributed by atoms with E-state index in [1.54, 1.807) is 23.1 Å². The maximum absolute atomic E-state index is 15.0. The fraction of sp³-hybridized carbons (Fsp3) is 0.659. The predicted molar refractivity (Wildman–Crippen MR) is 204 cm³/mol. The zero-order valence-corrected chi connectivity index (χ0v) is 31.5. The Kier molecular flexibility index (Phi) is 10.3. The first-order valence-corrected chi connectivity index (χ1v) is 20.6. The normalized spacial score (nSPS) is 32.0. The molecular formula is C44H59FN4O3. The topological polar surface area (TPSA) is 78.5 Å². The Hall–Kier alpha value is -3.10. The predicted octanol–water partition coefficient (Wildman–Crippen LogP) is 8.40. The Balaban J connectivity index is 0.765. The number of H-pyrrole nitrogens is 1. The van der Waals surface area contributed by atoms with Crippen molar-refractivity contribution in [1.29, 1.82) is 0 Å². The van der Waals surface area contributed by atoms with Gasteiger partial charge < -0.3 is 9.64 Å². The summed E-state index contributed by atoms with van der Waals surface area (Å²) in [6.45, 7) is 9.98. The fourth-order valence-corrected chi connectivity index (χ4v) is 12.1. The molecule has 8 heteroatoms. The molecule has 4 aliphatic carbocycles. The van der Waals surface area contributed by atoms with Gasteiger partial charge in [-0.05, 0) is 135 Å². The van der Waals surface area contributed by atoms with Crippen molar-refractivity contribution in [3.8, 4) is 0 Å². The lowest BCUT2D eigenvalue weighted by Crippen LogP contribution is -2.53. The molecule has 52 heavy (non-hydrogen) atoms. The van der Waals surface area contributed by atoms with Gasteiger partial charge in [-0.25, -0.2) is 9.49 Å². The van der Waals surface area contributed by atoms with Crippen LogP contribution < -0.4 is 5.56 Å². The second-order valence-corrected chi connectivity index (χ2v) is 17.6. The highest BCUT2D eigenvalue weighted by Crippen LogP contribution is 2.66. The number of unbranched alkanes of at least 4 members (excludes halogenated alkanes) is 2. The van der Waals surface area contributed by atoms with Crippen LogP contribution in [0.25, 0.3) is 10.8 Å². The van der Waals surface area contributed by atoms with Crippen molar-refractivity contribution in [2.75, 3.05) is 39.3 Å². The van der Waals surface area contributed by atoms with Crippen LogP contribution in [-0.4, -0.2) is 71.3 Å².